The summed E-state index contributed by atoms with van der Waals surface area (Å²) in [6, 6.07) is 8.60. The van der Waals surface area contributed by atoms with Crippen LogP contribution in [0, 0.1) is 0 Å². The molecule has 4 rings (SSSR count). The van der Waals surface area contributed by atoms with E-state index in [2.05, 4.69) is 32.3 Å². The Morgan fingerprint density at radius 2 is 2.12 bits per heavy atom. The molecule has 7 heteroatoms. The topological polar surface area (TPSA) is 63.2 Å². The molecule has 0 radical (unpaired) electrons. The van der Waals surface area contributed by atoms with Gasteiger partial charge in [0.05, 0.1) is 25.5 Å². The van der Waals surface area contributed by atoms with Crippen molar-refractivity contribution in [1.82, 2.24) is 15.0 Å². The lowest BCUT2D eigenvalue weighted by atomic mass is 10.0. The molecule has 1 fully saturated rings. The van der Waals surface area contributed by atoms with Crippen molar-refractivity contribution in [3.63, 3.8) is 0 Å². The van der Waals surface area contributed by atoms with Gasteiger partial charge < -0.3 is 15.0 Å². The maximum atomic E-state index is 5.26. The highest BCUT2D eigenvalue weighted by molar-refractivity contribution is 7.13. The lowest BCUT2D eigenvalue weighted by molar-refractivity contribution is 0.414. The van der Waals surface area contributed by atoms with Gasteiger partial charge in [0.2, 0.25) is 0 Å². The van der Waals surface area contributed by atoms with E-state index in [0.717, 1.165) is 36.1 Å². The fourth-order valence-corrected chi connectivity index (χ4v) is 3.70. The van der Waals surface area contributed by atoms with E-state index in [0.29, 0.717) is 11.9 Å². The van der Waals surface area contributed by atoms with E-state index in [1.807, 2.05) is 23.7 Å². The van der Waals surface area contributed by atoms with E-state index >= 15 is 0 Å². The van der Waals surface area contributed by atoms with Gasteiger partial charge in [-0.05, 0) is 30.5 Å². The van der Waals surface area contributed by atoms with Crippen LogP contribution < -0.4 is 15.0 Å². The van der Waals surface area contributed by atoms with E-state index in [1.165, 1.54) is 5.56 Å². The number of nitrogens with one attached hydrogen (secondary N) is 1. The molecule has 3 heterocycles. The molecule has 0 amide bonds. The number of hydrogen-bond donors (Lipinski definition) is 1. The summed E-state index contributed by atoms with van der Waals surface area (Å²) in [5.41, 5.74) is 1.28. The van der Waals surface area contributed by atoms with Crippen molar-refractivity contribution in [3.8, 4) is 5.75 Å². The molecule has 1 unspecified atom stereocenters. The summed E-state index contributed by atoms with van der Waals surface area (Å²) in [6.45, 7) is 0.978. The van der Waals surface area contributed by atoms with Crippen molar-refractivity contribution < 1.29 is 4.74 Å². The molecule has 128 valence electrons. The molecule has 1 aromatic carbocycles. The summed E-state index contributed by atoms with van der Waals surface area (Å²) in [5, 5.41) is 5.96. The molecular formula is C18H19N5OS. The van der Waals surface area contributed by atoms with Crippen molar-refractivity contribution in [3.05, 3.63) is 53.8 Å². The minimum absolute atomic E-state index is 0.315. The second-order valence-electron chi connectivity index (χ2n) is 5.85. The quantitative estimate of drug-likeness (QED) is 0.747. The van der Waals surface area contributed by atoms with E-state index in [4.69, 9.17) is 9.72 Å². The van der Waals surface area contributed by atoms with E-state index in [-0.39, 0.29) is 0 Å². The zero-order chi connectivity index (χ0) is 17.1. The second kappa shape index (κ2) is 7.06. The molecule has 1 aliphatic heterocycles. The first kappa shape index (κ1) is 15.8. The van der Waals surface area contributed by atoms with Gasteiger partial charge in [0.25, 0.3) is 0 Å². The minimum atomic E-state index is 0.315. The van der Waals surface area contributed by atoms with Crippen LogP contribution in [0.3, 0.4) is 0 Å². The molecule has 1 atom stereocenters. The van der Waals surface area contributed by atoms with Gasteiger partial charge in [0, 0.05) is 18.1 Å². The average Bonchev–Trinajstić information content (AvgIpc) is 3.34. The fraction of sp³-hybridized carbons (Fsp3) is 0.278. The van der Waals surface area contributed by atoms with Gasteiger partial charge in [0.1, 0.15) is 11.6 Å². The zero-order valence-electron chi connectivity index (χ0n) is 13.9. The Balaban J connectivity index is 1.57. The summed E-state index contributed by atoms with van der Waals surface area (Å²) < 4.78 is 5.26. The van der Waals surface area contributed by atoms with Crippen molar-refractivity contribution in [2.45, 2.75) is 18.9 Å². The monoisotopic (exact) mass is 353 g/mol. The number of rotatable bonds is 5. The van der Waals surface area contributed by atoms with Crippen LogP contribution in [0.2, 0.25) is 0 Å². The van der Waals surface area contributed by atoms with Crippen LogP contribution in [-0.2, 0) is 0 Å². The third-order valence-electron chi connectivity index (χ3n) is 4.34. The number of anilines is 3. The summed E-state index contributed by atoms with van der Waals surface area (Å²) in [6.07, 6.45) is 7.57. The van der Waals surface area contributed by atoms with Gasteiger partial charge in [-0.3, -0.25) is 4.98 Å². The summed E-state index contributed by atoms with van der Waals surface area (Å²) in [7, 11) is 1.69. The first-order chi connectivity index (χ1) is 12.3. The van der Waals surface area contributed by atoms with E-state index < -0.39 is 0 Å². The highest BCUT2D eigenvalue weighted by Gasteiger charge is 2.27. The highest BCUT2D eigenvalue weighted by Crippen LogP contribution is 2.36. The highest BCUT2D eigenvalue weighted by atomic mass is 32.1. The smallest absolute Gasteiger partial charge is 0.188 e. The summed E-state index contributed by atoms with van der Waals surface area (Å²) >= 11 is 1.54. The Kier molecular flexibility index (Phi) is 4.47. The SMILES string of the molecule is COc1ccc(C2CCCN2c2cncc(Nc3nccs3)n2)cc1. The van der Waals surface area contributed by atoms with E-state index in [1.54, 1.807) is 30.8 Å². The Hall–Kier alpha value is -2.67. The average molecular weight is 353 g/mol. The normalized spacial score (nSPS) is 16.8. The number of methoxy groups -OCH3 is 1. The first-order valence-corrected chi connectivity index (χ1v) is 9.10. The predicted octanol–water partition coefficient (Wildman–Crippen LogP) is 4.03. The van der Waals surface area contributed by atoms with Gasteiger partial charge in [-0.15, -0.1) is 11.3 Å². The van der Waals surface area contributed by atoms with Crippen molar-refractivity contribution >= 4 is 28.1 Å². The Labute approximate surface area is 150 Å². The Bertz CT molecular complexity index is 822. The number of thiazole rings is 1. The van der Waals surface area contributed by atoms with Gasteiger partial charge in [-0.2, -0.15) is 0 Å². The van der Waals surface area contributed by atoms with Gasteiger partial charge in [-0.1, -0.05) is 12.1 Å². The Morgan fingerprint density at radius 3 is 2.88 bits per heavy atom. The maximum absolute atomic E-state index is 5.26. The van der Waals surface area contributed by atoms with Crippen LogP contribution in [0.5, 0.6) is 5.75 Å². The molecule has 1 saturated heterocycles. The number of nitrogens with zero attached hydrogens (tertiary/aromatic N) is 4. The maximum Gasteiger partial charge on any atom is 0.188 e. The molecule has 0 spiro atoms. The molecule has 1 N–H and O–H groups in total. The molecule has 3 aromatic rings. The zero-order valence-corrected chi connectivity index (χ0v) is 14.7. The second-order valence-corrected chi connectivity index (χ2v) is 6.74. The lowest BCUT2D eigenvalue weighted by Crippen LogP contribution is -2.23. The number of benzene rings is 1. The largest absolute Gasteiger partial charge is 0.497 e. The van der Waals surface area contributed by atoms with Crippen LogP contribution >= 0.6 is 11.3 Å². The third kappa shape index (κ3) is 3.41. The number of hydrogen-bond acceptors (Lipinski definition) is 7. The summed E-state index contributed by atoms with van der Waals surface area (Å²) in [5.74, 6) is 2.48. The van der Waals surface area contributed by atoms with Crippen molar-refractivity contribution in [2.75, 3.05) is 23.9 Å². The van der Waals surface area contributed by atoms with Gasteiger partial charge >= 0.3 is 0 Å². The van der Waals surface area contributed by atoms with Gasteiger partial charge in [-0.25, -0.2) is 9.97 Å². The van der Waals surface area contributed by atoms with Crippen LogP contribution in [0.25, 0.3) is 0 Å². The molecule has 0 saturated carbocycles. The molecular weight excluding hydrogens is 334 g/mol. The Morgan fingerprint density at radius 1 is 1.24 bits per heavy atom. The van der Waals surface area contributed by atoms with E-state index in [9.17, 15) is 0 Å². The first-order valence-electron chi connectivity index (χ1n) is 8.22. The number of ether oxygens (including phenoxy) is 1. The van der Waals surface area contributed by atoms with Crippen LogP contribution in [-0.4, -0.2) is 28.6 Å². The minimum Gasteiger partial charge on any atom is -0.497 e. The standard InChI is InChI=1S/C18H19N5OS/c1-24-14-6-4-13(5-7-14)15-3-2-9-23(15)17-12-19-11-16(21-17)22-18-20-8-10-25-18/h4-8,10-12,15H,2-3,9H2,1H3,(H,20,21,22). The predicted molar refractivity (Wildman–Crippen MR) is 99.7 cm³/mol. The third-order valence-corrected chi connectivity index (χ3v) is 5.03. The molecule has 1 aliphatic rings. The van der Waals surface area contributed by atoms with Crippen molar-refractivity contribution in [2.24, 2.45) is 0 Å². The molecule has 6 nitrogen and oxygen atoms in total. The molecule has 0 aliphatic carbocycles. The molecule has 2 aromatic heterocycles. The lowest BCUT2D eigenvalue weighted by Gasteiger charge is -2.26. The molecule has 25 heavy (non-hydrogen) atoms. The van der Waals surface area contributed by atoms with Crippen LogP contribution in [0.4, 0.5) is 16.8 Å². The molecule has 0 bridgehead atoms. The fourth-order valence-electron chi connectivity index (χ4n) is 3.16. The van der Waals surface area contributed by atoms with Crippen LogP contribution in [0.15, 0.2) is 48.2 Å². The summed E-state index contributed by atoms with van der Waals surface area (Å²) in [4.78, 5) is 15.6. The van der Waals surface area contributed by atoms with Gasteiger partial charge in [0.15, 0.2) is 10.9 Å². The van der Waals surface area contributed by atoms with Crippen molar-refractivity contribution in [1.29, 1.82) is 0 Å². The number of aromatic nitrogens is 3. The van der Waals surface area contributed by atoms with Crippen LogP contribution in [0.1, 0.15) is 24.4 Å².